The Hall–Kier alpha value is -3.00. The van der Waals surface area contributed by atoms with Crippen LogP contribution in [0.25, 0.3) is 16.6 Å². The number of nitrogens with zero attached hydrogens (tertiary/aromatic N) is 2. The minimum Gasteiger partial charge on any atom is -0.497 e. The number of methoxy groups -OCH3 is 1. The van der Waals surface area contributed by atoms with Gasteiger partial charge in [0.1, 0.15) is 11.4 Å². The average Bonchev–Trinajstić information content (AvgIpc) is 2.54. The van der Waals surface area contributed by atoms with Crippen LogP contribution in [0.3, 0.4) is 0 Å². The molecule has 3 aromatic rings. The molecular weight excluding hydrogens is 318 g/mol. The van der Waals surface area contributed by atoms with E-state index in [2.05, 4.69) is 4.98 Å². The number of aromatic nitrogens is 2. The maximum atomic E-state index is 12.7. The van der Waals surface area contributed by atoms with Crippen molar-refractivity contribution >= 4 is 28.8 Å². The first-order valence-corrected chi connectivity index (χ1v) is 7.00. The van der Waals surface area contributed by atoms with Crippen molar-refractivity contribution in [2.24, 2.45) is 0 Å². The summed E-state index contributed by atoms with van der Waals surface area (Å²) in [5.74, 6) is 0.575. The molecule has 116 valence electrons. The zero-order chi connectivity index (χ0) is 16.6. The predicted octanol–water partition coefficient (Wildman–Crippen LogP) is 2.97. The Bertz CT molecular complexity index is 1040. The maximum Gasteiger partial charge on any atom is 0.293 e. The van der Waals surface area contributed by atoms with Crippen molar-refractivity contribution in [2.45, 2.75) is 0 Å². The third kappa shape index (κ3) is 2.49. The van der Waals surface area contributed by atoms with Crippen LogP contribution in [-0.4, -0.2) is 21.6 Å². The molecule has 0 bridgehead atoms. The van der Waals surface area contributed by atoms with Gasteiger partial charge in [0.2, 0.25) is 0 Å². The molecule has 8 heteroatoms. The molecule has 1 heterocycles. The van der Waals surface area contributed by atoms with Crippen molar-refractivity contribution in [1.82, 2.24) is 9.55 Å². The van der Waals surface area contributed by atoms with Crippen LogP contribution < -0.4 is 10.3 Å². The number of rotatable bonds is 3. The zero-order valence-corrected chi connectivity index (χ0v) is 12.8. The second kappa shape index (κ2) is 5.65. The summed E-state index contributed by atoms with van der Waals surface area (Å²) in [6, 6.07) is 10.8. The normalized spacial score (nSPS) is 10.7. The quantitative estimate of drug-likeness (QED) is 0.453. The second-order valence-electron chi connectivity index (χ2n) is 4.73. The van der Waals surface area contributed by atoms with Crippen LogP contribution in [0.4, 0.5) is 5.69 Å². The number of para-hydroxylation sites is 2. The van der Waals surface area contributed by atoms with E-state index in [0.717, 1.165) is 4.57 Å². The van der Waals surface area contributed by atoms with Gasteiger partial charge in [0.25, 0.3) is 11.2 Å². The van der Waals surface area contributed by atoms with Gasteiger partial charge in [-0.15, -0.1) is 0 Å². The minimum absolute atomic E-state index is 0.0741. The van der Waals surface area contributed by atoms with Gasteiger partial charge in [-0.1, -0.05) is 12.1 Å². The number of nitrogens with one attached hydrogen (secondary N) is 1. The predicted molar refractivity (Wildman–Crippen MR) is 87.9 cm³/mol. The molecule has 0 amide bonds. The van der Waals surface area contributed by atoms with Crippen molar-refractivity contribution in [3.05, 3.63) is 67.7 Å². The molecule has 2 aromatic carbocycles. The summed E-state index contributed by atoms with van der Waals surface area (Å²) in [6.07, 6.45) is 0. The Balaban J connectivity index is 2.38. The van der Waals surface area contributed by atoms with Gasteiger partial charge in [0.05, 0.1) is 22.9 Å². The lowest BCUT2D eigenvalue weighted by Gasteiger charge is -2.09. The van der Waals surface area contributed by atoms with E-state index in [1.165, 1.54) is 25.3 Å². The molecule has 0 aliphatic heterocycles. The van der Waals surface area contributed by atoms with Gasteiger partial charge in [-0.05, 0) is 30.4 Å². The topological polar surface area (TPSA) is 90.2 Å². The number of nitro groups is 1. The maximum absolute atomic E-state index is 12.7. The van der Waals surface area contributed by atoms with Crippen LogP contribution in [0.1, 0.15) is 0 Å². The van der Waals surface area contributed by atoms with E-state index in [0.29, 0.717) is 16.7 Å². The fourth-order valence-electron chi connectivity index (χ4n) is 2.35. The SMILES string of the molecule is COc1ccc2c(=O)n(-c3ccccc3[N+](=O)[O-])c(=S)[nH]c2c1. The lowest BCUT2D eigenvalue weighted by atomic mass is 10.2. The van der Waals surface area contributed by atoms with E-state index in [-0.39, 0.29) is 16.1 Å². The first-order valence-electron chi connectivity index (χ1n) is 6.60. The molecule has 1 N–H and O–H groups in total. The zero-order valence-electron chi connectivity index (χ0n) is 12.0. The molecule has 0 spiro atoms. The van der Waals surface area contributed by atoms with E-state index >= 15 is 0 Å². The van der Waals surface area contributed by atoms with Gasteiger partial charge in [0.15, 0.2) is 4.77 Å². The van der Waals surface area contributed by atoms with E-state index in [4.69, 9.17) is 17.0 Å². The molecule has 0 radical (unpaired) electrons. The number of ether oxygens (including phenoxy) is 1. The van der Waals surface area contributed by atoms with Crippen LogP contribution in [0, 0.1) is 14.9 Å². The summed E-state index contributed by atoms with van der Waals surface area (Å²) in [7, 11) is 1.52. The molecule has 0 saturated carbocycles. The van der Waals surface area contributed by atoms with Gasteiger partial charge >= 0.3 is 0 Å². The van der Waals surface area contributed by atoms with Crippen molar-refractivity contribution in [2.75, 3.05) is 7.11 Å². The molecular formula is C15H11N3O4S. The van der Waals surface area contributed by atoms with Crippen molar-refractivity contribution in [3.63, 3.8) is 0 Å². The largest absolute Gasteiger partial charge is 0.497 e. The standard InChI is InChI=1S/C15H11N3O4S/c1-22-9-6-7-10-11(8-9)16-15(23)17(14(10)19)12-4-2-3-5-13(12)18(20)21/h2-8H,1H3,(H,16,23). The van der Waals surface area contributed by atoms with Crippen LogP contribution in [0.15, 0.2) is 47.3 Å². The monoisotopic (exact) mass is 329 g/mol. The third-order valence-corrected chi connectivity index (χ3v) is 3.71. The van der Waals surface area contributed by atoms with E-state index in [9.17, 15) is 14.9 Å². The Kier molecular flexibility index (Phi) is 3.67. The van der Waals surface area contributed by atoms with E-state index < -0.39 is 10.5 Å². The summed E-state index contributed by atoms with van der Waals surface area (Å²) in [5, 5.41) is 11.6. The van der Waals surface area contributed by atoms with Crippen molar-refractivity contribution in [1.29, 1.82) is 0 Å². The van der Waals surface area contributed by atoms with Crippen LogP contribution in [0.5, 0.6) is 5.75 Å². The first kappa shape index (κ1) is 14.9. The summed E-state index contributed by atoms with van der Waals surface area (Å²) in [5.41, 5.74) is 0.0123. The Morgan fingerprint density at radius 1 is 1.26 bits per heavy atom. The van der Waals surface area contributed by atoms with E-state index in [1.807, 2.05) is 0 Å². The van der Waals surface area contributed by atoms with Crippen LogP contribution >= 0.6 is 12.2 Å². The molecule has 3 rings (SSSR count). The summed E-state index contributed by atoms with van der Waals surface area (Å²) in [4.78, 5) is 26.3. The van der Waals surface area contributed by atoms with E-state index in [1.54, 1.807) is 24.3 Å². The van der Waals surface area contributed by atoms with Crippen molar-refractivity contribution in [3.8, 4) is 11.4 Å². The molecule has 1 aromatic heterocycles. The summed E-state index contributed by atoms with van der Waals surface area (Å²) < 4.78 is 6.32. The summed E-state index contributed by atoms with van der Waals surface area (Å²) >= 11 is 5.22. The highest BCUT2D eigenvalue weighted by molar-refractivity contribution is 7.71. The number of aromatic amines is 1. The second-order valence-corrected chi connectivity index (χ2v) is 5.11. The van der Waals surface area contributed by atoms with Crippen LogP contribution in [0.2, 0.25) is 0 Å². The van der Waals surface area contributed by atoms with Crippen molar-refractivity contribution < 1.29 is 9.66 Å². The Morgan fingerprint density at radius 2 is 2.00 bits per heavy atom. The number of hydrogen-bond acceptors (Lipinski definition) is 5. The molecule has 0 fully saturated rings. The molecule has 0 aliphatic rings. The average molecular weight is 329 g/mol. The highest BCUT2D eigenvalue weighted by atomic mass is 32.1. The molecule has 0 unspecified atom stereocenters. The van der Waals surface area contributed by atoms with Gasteiger partial charge < -0.3 is 9.72 Å². The van der Waals surface area contributed by atoms with Gasteiger partial charge in [0, 0.05) is 12.1 Å². The smallest absolute Gasteiger partial charge is 0.293 e. The number of H-pyrrole nitrogens is 1. The van der Waals surface area contributed by atoms with Crippen LogP contribution in [-0.2, 0) is 0 Å². The highest BCUT2D eigenvalue weighted by Crippen LogP contribution is 2.23. The number of nitro benzene ring substituents is 1. The number of benzene rings is 2. The molecule has 7 nitrogen and oxygen atoms in total. The lowest BCUT2D eigenvalue weighted by Crippen LogP contribution is -2.21. The molecule has 0 atom stereocenters. The Labute approximate surface area is 134 Å². The lowest BCUT2D eigenvalue weighted by molar-refractivity contribution is -0.384. The fourth-order valence-corrected chi connectivity index (χ4v) is 2.64. The fraction of sp³-hybridized carbons (Fsp3) is 0.0667. The highest BCUT2D eigenvalue weighted by Gasteiger charge is 2.17. The number of hydrogen-bond donors (Lipinski definition) is 1. The molecule has 23 heavy (non-hydrogen) atoms. The molecule has 0 saturated heterocycles. The van der Waals surface area contributed by atoms with Gasteiger partial charge in [-0.3, -0.25) is 14.9 Å². The minimum atomic E-state index is -0.547. The Morgan fingerprint density at radius 3 is 2.70 bits per heavy atom. The molecule has 0 aliphatic carbocycles. The third-order valence-electron chi connectivity index (χ3n) is 3.42. The van der Waals surface area contributed by atoms with Gasteiger partial charge in [-0.2, -0.15) is 0 Å². The first-order chi connectivity index (χ1) is 11.0. The number of fused-ring (bicyclic) bond motifs is 1. The summed E-state index contributed by atoms with van der Waals surface area (Å²) in [6.45, 7) is 0. The van der Waals surface area contributed by atoms with Gasteiger partial charge in [-0.25, -0.2) is 4.57 Å².